The third-order valence-corrected chi connectivity index (χ3v) is 6.10. The molecule has 1 fully saturated rings. The largest absolute Gasteiger partial charge is 0.376 e. The number of fused-ring (bicyclic) bond motifs is 1. The van der Waals surface area contributed by atoms with E-state index in [9.17, 15) is 14.4 Å². The fourth-order valence-electron chi connectivity index (χ4n) is 3.67. The van der Waals surface area contributed by atoms with Gasteiger partial charge in [-0.15, -0.1) is 0 Å². The van der Waals surface area contributed by atoms with Crippen LogP contribution in [0.15, 0.2) is 46.9 Å². The van der Waals surface area contributed by atoms with E-state index < -0.39 is 17.7 Å². The van der Waals surface area contributed by atoms with Gasteiger partial charge in [0.05, 0.1) is 11.6 Å². The van der Waals surface area contributed by atoms with E-state index in [4.69, 9.17) is 16.3 Å². The second-order valence-corrected chi connectivity index (χ2v) is 9.12. The summed E-state index contributed by atoms with van der Waals surface area (Å²) in [5.41, 5.74) is 4.69. The Kier molecular flexibility index (Phi) is 7.02. The van der Waals surface area contributed by atoms with Crippen LogP contribution in [0, 0.1) is 6.92 Å². The second kappa shape index (κ2) is 9.94. The van der Waals surface area contributed by atoms with Gasteiger partial charge in [0.25, 0.3) is 5.91 Å². The van der Waals surface area contributed by atoms with Gasteiger partial charge in [-0.25, -0.2) is 4.68 Å². The first kappa shape index (κ1) is 23.3. The van der Waals surface area contributed by atoms with Gasteiger partial charge >= 0.3 is 11.8 Å². The molecule has 8 nitrogen and oxygen atoms in total. The van der Waals surface area contributed by atoms with Crippen molar-refractivity contribution in [3.8, 4) is 0 Å². The van der Waals surface area contributed by atoms with Crippen molar-refractivity contribution in [2.24, 2.45) is 0 Å². The molecule has 1 aliphatic rings. The number of aromatic nitrogens is 1. The number of halogens is 2. The lowest BCUT2D eigenvalue weighted by Gasteiger charge is -2.14. The van der Waals surface area contributed by atoms with Crippen molar-refractivity contribution in [2.75, 3.05) is 23.9 Å². The fraction of sp³-hybridized carbons (Fsp3) is 0.261. The number of hydrogen-bond donors (Lipinski definition) is 3. The van der Waals surface area contributed by atoms with Crippen LogP contribution >= 0.6 is 27.5 Å². The summed E-state index contributed by atoms with van der Waals surface area (Å²) in [6, 6.07) is 12.1. The van der Waals surface area contributed by atoms with Gasteiger partial charge in [-0.05, 0) is 67.8 Å². The standard InChI is InChI=1S/C23H22BrClN4O4/c1-13-9-15(24)4-6-18(13)27-21(30)20-11-14-10-16(25)5-7-19(14)29(20)28-23(32)22(31)26-12-17-3-2-8-33-17/h4-7,9-11,17H,2-3,8,12H2,1H3,(H,26,31)(H,27,30)(H,28,32)/t17-/m0/s1. The van der Waals surface area contributed by atoms with Crippen molar-refractivity contribution < 1.29 is 19.1 Å². The summed E-state index contributed by atoms with van der Waals surface area (Å²) >= 11 is 9.51. The maximum absolute atomic E-state index is 13.1. The lowest BCUT2D eigenvalue weighted by Crippen LogP contribution is -2.42. The Morgan fingerprint density at radius 2 is 1.97 bits per heavy atom. The molecular weight excluding hydrogens is 512 g/mol. The molecule has 1 atom stereocenters. The number of aryl methyl sites for hydroxylation is 1. The van der Waals surface area contributed by atoms with Crippen LogP contribution in [0.5, 0.6) is 0 Å². The molecule has 1 saturated heterocycles. The minimum atomic E-state index is -0.894. The van der Waals surface area contributed by atoms with E-state index in [1.54, 1.807) is 30.3 Å². The van der Waals surface area contributed by atoms with E-state index in [0.29, 0.717) is 28.2 Å². The molecule has 172 valence electrons. The highest BCUT2D eigenvalue weighted by Gasteiger charge is 2.23. The molecule has 0 spiro atoms. The number of amides is 3. The average Bonchev–Trinajstić information content (AvgIpc) is 3.42. The molecule has 33 heavy (non-hydrogen) atoms. The van der Waals surface area contributed by atoms with Crippen LogP contribution < -0.4 is 16.1 Å². The maximum atomic E-state index is 13.1. The molecule has 0 unspecified atom stereocenters. The van der Waals surface area contributed by atoms with Crippen LogP contribution in [0.3, 0.4) is 0 Å². The smallest absolute Gasteiger partial charge is 0.328 e. The molecule has 10 heteroatoms. The fourth-order valence-corrected chi connectivity index (χ4v) is 4.33. The van der Waals surface area contributed by atoms with Crippen molar-refractivity contribution in [3.63, 3.8) is 0 Å². The van der Waals surface area contributed by atoms with Gasteiger partial charge in [-0.3, -0.25) is 19.8 Å². The third kappa shape index (κ3) is 5.38. The minimum Gasteiger partial charge on any atom is -0.376 e. The van der Waals surface area contributed by atoms with E-state index in [-0.39, 0.29) is 18.3 Å². The lowest BCUT2D eigenvalue weighted by molar-refractivity contribution is -0.136. The third-order valence-electron chi connectivity index (χ3n) is 5.37. The molecule has 0 radical (unpaired) electrons. The van der Waals surface area contributed by atoms with E-state index in [0.717, 1.165) is 22.9 Å². The van der Waals surface area contributed by atoms with Crippen molar-refractivity contribution >= 4 is 61.8 Å². The average molecular weight is 534 g/mol. The number of nitrogens with zero attached hydrogens (tertiary/aromatic N) is 1. The van der Waals surface area contributed by atoms with Gasteiger partial charge in [0.1, 0.15) is 5.69 Å². The van der Waals surface area contributed by atoms with Gasteiger partial charge in [0.2, 0.25) is 0 Å². The van der Waals surface area contributed by atoms with E-state index in [1.807, 2.05) is 19.1 Å². The summed E-state index contributed by atoms with van der Waals surface area (Å²) < 4.78 is 7.65. The zero-order chi connectivity index (χ0) is 23.5. The van der Waals surface area contributed by atoms with E-state index >= 15 is 0 Å². The minimum absolute atomic E-state index is 0.0909. The summed E-state index contributed by atoms with van der Waals surface area (Å²) in [4.78, 5) is 38.1. The molecule has 1 aromatic heterocycles. The molecule has 3 aromatic rings. The number of rotatable bonds is 5. The number of hydrogen-bond acceptors (Lipinski definition) is 4. The number of benzene rings is 2. The Morgan fingerprint density at radius 1 is 1.15 bits per heavy atom. The predicted octanol–water partition coefficient (Wildman–Crippen LogP) is 3.98. The van der Waals surface area contributed by atoms with Crippen molar-refractivity contribution in [1.29, 1.82) is 0 Å². The van der Waals surface area contributed by atoms with Gasteiger partial charge in [-0.2, -0.15) is 0 Å². The van der Waals surface area contributed by atoms with Gasteiger partial charge < -0.3 is 15.4 Å². The van der Waals surface area contributed by atoms with Crippen LogP contribution in [0.25, 0.3) is 10.9 Å². The molecule has 2 aromatic carbocycles. The predicted molar refractivity (Wildman–Crippen MR) is 130 cm³/mol. The Morgan fingerprint density at radius 3 is 2.70 bits per heavy atom. The molecular formula is C23H22BrClN4O4. The highest BCUT2D eigenvalue weighted by molar-refractivity contribution is 9.10. The second-order valence-electron chi connectivity index (χ2n) is 7.77. The molecule has 0 bridgehead atoms. The first-order valence-electron chi connectivity index (χ1n) is 10.4. The summed E-state index contributed by atoms with van der Waals surface area (Å²) in [5.74, 6) is -2.15. The molecule has 3 amide bonds. The van der Waals surface area contributed by atoms with Crippen molar-refractivity contribution in [2.45, 2.75) is 25.9 Å². The quantitative estimate of drug-likeness (QED) is 0.432. The first-order chi connectivity index (χ1) is 15.8. The van der Waals surface area contributed by atoms with Gasteiger partial charge in [0.15, 0.2) is 0 Å². The van der Waals surface area contributed by atoms with Crippen LogP contribution in [0.2, 0.25) is 5.02 Å². The normalized spacial score (nSPS) is 15.4. The monoisotopic (exact) mass is 532 g/mol. The topological polar surface area (TPSA) is 101 Å². The SMILES string of the molecule is Cc1cc(Br)ccc1NC(=O)c1cc2cc(Cl)ccc2n1NC(=O)C(=O)NC[C@@H]1CCCO1. The highest BCUT2D eigenvalue weighted by Crippen LogP contribution is 2.25. The van der Waals surface area contributed by atoms with Crippen LogP contribution in [-0.2, 0) is 14.3 Å². The zero-order valence-corrected chi connectivity index (χ0v) is 20.1. The van der Waals surface area contributed by atoms with Crippen LogP contribution in [-0.4, -0.2) is 41.7 Å². The number of ether oxygens (including phenoxy) is 1. The Hall–Kier alpha value is -2.88. The molecule has 0 saturated carbocycles. The van der Waals surface area contributed by atoms with Gasteiger partial charge in [0, 0.05) is 33.7 Å². The van der Waals surface area contributed by atoms with E-state index in [2.05, 4.69) is 32.0 Å². The molecule has 4 rings (SSSR count). The Bertz CT molecular complexity index is 1240. The number of carbonyl (C=O) groups is 3. The zero-order valence-electron chi connectivity index (χ0n) is 17.8. The van der Waals surface area contributed by atoms with Crippen molar-refractivity contribution in [3.05, 3.63) is 63.2 Å². The lowest BCUT2D eigenvalue weighted by atomic mass is 10.2. The summed E-state index contributed by atoms with van der Waals surface area (Å²) in [7, 11) is 0. The molecule has 3 N–H and O–H groups in total. The number of carbonyl (C=O) groups excluding carboxylic acids is 3. The number of anilines is 1. The first-order valence-corrected chi connectivity index (χ1v) is 11.6. The Labute approximate surface area is 203 Å². The number of nitrogens with one attached hydrogen (secondary N) is 3. The van der Waals surface area contributed by atoms with Crippen LogP contribution in [0.1, 0.15) is 28.9 Å². The van der Waals surface area contributed by atoms with E-state index in [1.165, 1.54) is 4.68 Å². The molecule has 0 aliphatic carbocycles. The summed E-state index contributed by atoms with van der Waals surface area (Å²) in [5, 5.41) is 6.55. The van der Waals surface area contributed by atoms with Crippen molar-refractivity contribution in [1.82, 2.24) is 9.99 Å². The highest BCUT2D eigenvalue weighted by atomic mass is 79.9. The van der Waals surface area contributed by atoms with Gasteiger partial charge in [-0.1, -0.05) is 27.5 Å². The summed E-state index contributed by atoms with van der Waals surface area (Å²) in [6.45, 7) is 2.78. The van der Waals surface area contributed by atoms with Crippen LogP contribution in [0.4, 0.5) is 5.69 Å². The Balaban J connectivity index is 1.58. The molecule has 2 heterocycles. The summed E-state index contributed by atoms with van der Waals surface area (Å²) in [6.07, 6.45) is 1.68. The molecule has 1 aliphatic heterocycles. The maximum Gasteiger partial charge on any atom is 0.328 e.